The minimum atomic E-state index is -0.380. The van der Waals surface area contributed by atoms with Crippen LogP contribution in [0.5, 0.6) is 0 Å². The Labute approximate surface area is 194 Å². The normalized spacial score (nSPS) is 24.5. The van der Waals surface area contributed by atoms with E-state index in [4.69, 9.17) is 14.2 Å². The van der Waals surface area contributed by atoms with Crippen LogP contribution in [0.2, 0.25) is 0 Å². The number of benzene rings is 1. The highest BCUT2D eigenvalue weighted by Gasteiger charge is 2.45. The largest absolute Gasteiger partial charge is 0.489 e. The summed E-state index contributed by atoms with van der Waals surface area (Å²) in [6, 6.07) is 8.00. The highest BCUT2D eigenvalue weighted by atomic mass is 16.5. The van der Waals surface area contributed by atoms with E-state index in [-0.39, 0.29) is 46.7 Å². The summed E-state index contributed by atoms with van der Waals surface area (Å²) in [4.78, 5) is 42.1. The van der Waals surface area contributed by atoms with E-state index >= 15 is 0 Å². The Bertz CT molecular complexity index is 1030. The van der Waals surface area contributed by atoms with Gasteiger partial charge in [0.25, 0.3) is 0 Å². The maximum Gasteiger partial charge on any atom is 0.228 e. The molecule has 0 radical (unpaired) electrons. The monoisotopic (exact) mass is 453 g/mol. The van der Waals surface area contributed by atoms with E-state index in [1.165, 1.54) is 14.2 Å². The second-order valence-electron chi connectivity index (χ2n) is 8.87. The number of hydrogen-bond acceptors (Lipinski definition) is 6. The highest BCUT2D eigenvalue weighted by Crippen LogP contribution is 2.48. The van der Waals surface area contributed by atoms with Crippen LogP contribution in [0.3, 0.4) is 0 Å². The molecule has 7 nitrogen and oxygen atoms in total. The van der Waals surface area contributed by atoms with E-state index in [0.29, 0.717) is 37.4 Å². The number of hydrogen-bond donors (Lipinski definition) is 0. The van der Waals surface area contributed by atoms with Crippen LogP contribution in [0, 0.1) is 11.8 Å². The molecule has 0 N–H and O–H groups in total. The van der Waals surface area contributed by atoms with Crippen LogP contribution in [0.25, 0.3) is 0 Å². The van der Waals surface area contributed by atoms with Crippen LogP contribution < -0.4 is 0 Å². The van der Waals surface area contributed by atoms with Gasteiger partial charge in [-0.2, -0.15) is 0 Å². The third-order valence-electron chi connectivity index (χ3n) is 7.25. The van der Waals surface area contributed by atoms with Crippen LogP contribution in [0.4, 0.5) is 0 Å². The summed E-state index contributed by atoms with van der Waals surface area (Å²) in [5, 5.41) is 0. The number of ketones is 2. The minimum absolute atomic E-state index is 0.0677. The molecule has 1 saturated heterocycles. The molecule has 1 aromatic rings. The van der Waals surface area contributed by atoms with Crippen molar-refractivity contribution in [2.45, 2.75) is 32.6 Å². The Balaban J connectivity index is 1.80. The maximum absolute atomic E-state index is 13.6. The lowest BCUT2D eigenvalue weighted by Gasteiger charge is -2.41. The lowest BCUT2D eigenvalue weighted by atomic mass is 9.64. The van der Waals surface area contributed by atoms with Gasteiger partial charge in [0.05, 0.1) is 27.4 Å². The summed E-state index contributed by atoms with van der Waals surface area (Å²) in [6.45, 7) is 5.84. The van der Waals surface area contributed by atoms with E-state index in [0.717, 1.165) is 24.0 Å². The fraction of sp³-hybridized carbons (Fsp3) is 0.500. The van der Waals surface area contributed by atoms with Gasteiger partial charge in [0, 0.05) is 36.1 Å². The number of allylic oxidation sites excluding steroid dienone is 2. The lowest BCUT2D eigenvalue weighted by molar-refractivity contribution is -0.141. The average Bonchev–Trinajstić information content (AvgIpc) is 2.85. The molecule has 0 spiro atoms. The zero-order valence-electron chi connectivity index (χ0n) is 19.7. The standard InChI is InChI=1S/C26H31NO6/c1-15(26(30)27-11-13-33-14-12-27)18-10-9-17-7-5-6-8-19(17)21(18)20-16(2)22(28)24(31-3)25(32-4)23(20)29/h5-8,15,18,21H,9-14H2,1-4H3/t15-,18+,21+/m0/s1. The Morgan fingerprint density at radius 1 is 1.06 bits per heavy atom. The van der Waals surface area contributed by atoms with Crippen molar-refractivity contribution >= 4 is 17.5 Å². The minimum Gasteiger partial charge on any atom is -0.489 e. The van der Waals surface area contributed by atoms with Gasteiger partial charge in [-0.15, -0.1) is 0 Å². The van der Waals surface area contributed by atoms with Crippen molar-refractivity contribution in [3.8, 4) is 0 Å². The number of aryl methyl sites for hydroxylation is 1. The average molecular weight is 454 g/mol. The van der Waals surface area contributed by atoms with Gasteiger partial charge in [-0.3, -0.25) is 14.4 Å². The van der Waals surface area contributed by atoms with Gasteiger partial charge in [0.1, 0.15) is 0 Å². The molecular formula is C26H31NO6. The summed E-state index contributed by atoms with van der Waals surface area (Å²) < 4.78 is 16.0. The Hall–Kier alpha value is -2.93. The van der Waals surface area contributed by atoms with E-state index in [1.807, 2.05) is 30.0 Å². The van der Waals surface area contributed by atoms with E-state index < -0.39 is 0 Å². The maximum atomic E-state index is 13.6. The predicted molar refractivity (Wildman–Crippen MR) is 121 cm³/mol. The van der Waals surface area contributed by atoms with Gasteiger partial charge in [-0.1, -0.05) is 31.2 Å². The first-order valence-electron chi connectivity index (χ1n) is 11.5. The van der Waals surface area contributed by atoms with Crippen LogP contribution in [0.1, 0.15) is 37.3 Å². The molecule has 2 aliphatic carbocycles. The molecule has 1 aliphatic heterocycles. The number of carbonyl (C=O) groups is 3. The van der Waals surface area contributed by atoms with Crippen LogP contribution >= 0.6 is 0 Å². The molecule has 4 rings (SSSR count). The van der Waals surface area contributed by atoms with Gasteiger partial charge >= 0.3 is 0 Å². The van der Waals surface area contributed by atoms with Crippen molar-refractivity contribution in [3.05, 3.63) is 58.1 Å². The van der Waals surface area contributed by atoms with Gasteiger partial charge in [0.15, 0.2) is 0 Å². The van der Waals surface area contributed by atoms with Crippen LogP contribution in [-0.2, 0) is 35.0 Å². The Morgan fingerprint density at radius 2 is 1.70 bits per heavy atom. The molecule has 0 aromatic heterocycles. The number of morpholine rings is 1. The van der Waals surface area contributed by atoms with Crippen molar-refractivity contribution in [3.63, 3.8) is 0 Å². The zero-order valence-corrected chi connectivity index (χ0v) is 19.7. The second kappa shape index (κ2) is 9.51. The fourth-order valence-electron chi connectivity index (χ4n) is 5.48. The molecule has 1 fully saturated rings. The van der Waals surface area contributed by atoms with Crippen LogP contribution in [-0.4, -0.2) is 62.9 Å². The number of amides is 1. The van der Waals surface area contributed by atoms with Crippen LogP contribution in [0.15, 0.2) is 46.9 Å². The first-order chi connectivity index (χ1) is 15.9. The molecular weight excluding hydrogens is 422 g/mol. The van der Waals surface area contributed by atoms with E-state index in [9.17, 15) is 14.4 Å². The van der Waals surface area contributed by atoms with Crippen molar-refractivity contribution in [1.29, 1.82) is 0 Å². The molecule has 3 atom stereocenters. The summed E-state index contributed by atoms with van der Waals surface area (Å²) in [5.74, 6) is -1.58. The summed E-state index contributed by atoms with van der Waals surface area (Å²) in [7, 11) is 2.73. The smallest absolute Gasteiger partial charge is 0.228 e. The first-order valence-corrected chi connectivity index (χ1v) is 11.5. The molecule has 176 valence electrons. The first kappa shape index (κ1) is 23.2. The SMILES string of the molecule is COC1=C(OC)C(=O)C([C@H]2c3ccccc3CC[C@@H]2[C@H](C)C(=O)N2CCOCC2)=C(C)C1=O. The molecule has 1 aromatic carbocycles. The van der Waals surface area contributed by atoms with E-state index in [1.54, 1.807) is 6.92 Å². The van der Waals surface area contributed by atoms with Crippen molar-refractivity contribution in [2.75, 3.05) is 40.5 Å². The lowest BCUT2D eigenvalue weighted by Crippen LogP contribution is -2.46. The molecule has 1 heterocycles. The highest BCUT2D eigenvalue weighted by molar-refractivity contribution is 6.24. The molecule has 0 unspecified atom stereocenters. The molecule has 0 saturated carbocycles. The number of ether oxygens (including phenoxy) is 3. The number of Topliss-reactive ketones (excluding diaryl/α,β-unsaturated/α-hetero) is 2. The second-order valence-corrected chi connectivity index (χ2v) is 8.87. The van der Waals surface area contributed by atoms with E-state index in [2.05, 4.69) is 6.07 Å². The number of fused-ring (bicyclic) bond motifs is 1. The predicted octanol–water partition coefficient (Wildman–Crippen LogP) is 2.80. The van der Waals surface area contributed by atoms with Crippen molar-refractivity contribution in [1.82, 2.24) is 4.90 Å². The fourth-order valence-corrected chi connectivity index (χ4v) is 5.48. The zero-order chi connectivity index (χ0) is 23.7. The summed E-state index contributed by atoms with van der Waals surface area (Å²) in [5.41, 5.74) is 2.92. The molecule has 3 aliphatic rings. The summed E-state index contributed by atoms with van der Waals surface area (Å²) in [6.07, 6.45) is 1.57. The topological polar surface area (TPSA) is 82.1 Å². The number of methoxy groups -OCH3 is 2. The van der Waals surface area contributed by atoms with Gasteiger partial charge in [-0.05, 0) is 36.8 Å². The molecule has 7 heteroatoms. The third kappa shape index (κ3) is 3.99. The molecule has 0 bridgehead atoms. The summed E-state index contributed by atoms with van der Waals surface area (Å²) >= 11 is 0. The molecule has 33 heavy (non-hydrogen) atoms. The van der Waals surface area contributed by atoms with Gasteiger partial charge < -0.3 is 19.1 Å². The number of rotatable bonds is 5. The quantitative estimate of drug-likeness (QED) is 0.638. The Morgan fingerprint density at radius 3 is 2.36 bits per heavy atom. The molecule has 1 amide bonds. The van der Waals surface area contributed by atoms with Gasteiger partial charge in [0.2, 0.25) is 29.0 Å². The van der Waals surface area contributed by atoms with Crippen molar-refractivity contribution < 1.29 is 28.6 Å². The Kier molecular flexibility index (Phi) is 6.70. The van der Waals surface area contributed by atoms with Crippen molar-refractivity contribution in [2.24, 2.45) is 11.8 Å². The van der Waals surface area contributed by atoms with Gasteiger partial charge in [-0.25, -0.2) is 0 Å². The third-order valence-corrected chi connectivity index (χ3v) is 7.25. The number of carbonyl (C=O) groups excluding carboxylic acids is 3. The number of nitrogens with zero attached hydrogens (tertiary/aromatic N) is 1.